The van der Waals surface area contributed by atoms with Crippen molar-refractivity contribution in [2.75, 3.05) is 5.32 Å². The van der Waals surface area contributed by atoms with Gasteiger partial charge in [0.05, 0.1) is 6.04 Å². The van der Waals surface area contributed by atoms with Crippen LogP contribution >= 0.6 is 11.6 Å². The average molecular weight is 303 g/mol. The van der Waals surface area contributed by atoms with Gasteiger partial charge in [0.25, 0.3) is 0 Å². The van der Waals surface area contributed by atoms with Crippen molar-refractivity contribution in [2.45, 2.75) is 25.9 Å². The summed E-state index contributed by atoms with van der Waals surface area (Å²) in [6.07, 6.45) is 0. The number of para-hydroxylation sites is 1. The minimum Gasteiger partial charge on any atom is -0.325 e. The largest absolute Gasteiger partial charge is 0.325 e. The molecule has 0 aliphatic rings. The highest BCUT2D eigenvalue weighted by Crippen LogP contribution is 2.18. The van der Waals surface area contributed by atoms with Crippen LogP contribution in [0.25, 0.3) is 0 Å². The molecule has 0 heterocycles. The second-order valence-corrected chi connectivity index (χ2v) is 5.46. The van der Waals surface area contributed by atoms with Gasteiger partial charge in [-0.3, -0.25) is 10.1 Å². The highest BCUT2D eigenvalue weighted by atomic mass is 35.5. The van der Waals surface area contributed by atoms with E-state index < -0.39 is 0 Å². The Bertz CT molecular complexity index is 601. The zero-order chi connectivity index (χ0) is 15.2. The van der Waals surface area contributed by atoms with Gasteiger partial charge in [-0.1, -0.05) is 41.9 Å². The topological polar surface area (TPSA) is 41.1 Å². The lowest BCUT2D eigenvalue weighted by Gasteiger charge is -2.20. The number of halogens is 1. The van der Waals surface area contributed by atoms with E-state index >= 15 is 0 Å². The van der Waals surface area contributed by atoms with E-state index in [1.165, 1.54) is 0 Å². The number of benzene rings is 2. The molecule has 0 bridgehead atoms. The molecule has 2 aromatic carbocycles. The summed E-state index contributed by atoms with van der Waals surface area (Å²) in [5, 5.41) is 6.85. The van der Waals surface area contributed by atoms with E-state index in [1.807, 2.05) is 68.4 Å². The molecule has 0 fully saturated rings. The lowest BCUT2D eigenvalue weighted by Crippen LogP contribution is -2.39. The van der Waals surface area contributed by atoms with Crippen molar-refractivity contribution in [1.29, 1.82) is 0 Å². The smallest absolute Gasteiger partial charge is 0.241 e. The van der Waals surface area contributed by atoms with E-state index in [4.69, 9.17) is 11.6 Å². The first kappa shape index (κ1) is 15.5. The first-order chi connectivity index (χ1) is 10.1. The van der Waals surface area contributed by atoms with Crippen LogP contribution in [0.5, 0.6) is 0 Å². The van der Waals surface area contributed by atoms with Crippen molar-refractivity contribution in [3.05, 3.63) is 65.2 Å². The van der Waals surface area contributed by atoms with E-state index in [9.17, 15) is 4.79 Å². The van der Waals surface area contributed by atoms with Crippen molar-refractivity contribution < 1.29 is 4.79 Å². The molecule has 2 N–H and O–H groups in total. The van der Waals surface area contributed by atoms with Crippen LogP contribution in [-0.4, -0.2) is 11.9 Å². The molecule has 3 nitrogen and oxygen atoms in total. The van der Waals surface area contributed by atoms with Gasteiger partial charge in [0.2, 0.25) is 5.91 Å². The number of carbonyl (C=O) groups excluding carboxylic acids is 1. The molecule has 0 unspecified atom stereocenters. The Labute approximate surface area is 130 Å². The second-order valence-electron chi connectivity index (χ2n) is 5.02. The van der Waals surface area contributed by atoms with E-state index in [-0.39, 0.29) is 18.0 Å². The standard InChI is InChI=1S/C17H19ClN2O/c1-12(14-7-6-8-15(18)11-14)19-13(2)17(21)20-16-9-4-3-5-10-16/h3-13,19H,1-2H3,(H,20,21)/t12-,13+/m0/s1. The normalized spacial score (nSPS) is 13.5. The van der Waals surface area contributed by atoms with Crippen molar-refractivity contribution in [2.24, 2.45) is 0 Å². The first-order valence-corrected chi connectivity index (χ1v) is 7.31. The molecular weight excluding hydrogens is 284 g/mol. The third kappa shape index (κ3) is 4.59. The van der Waals surface area contributed by atoms with E-state index in [0.29, 0.717) is 5.02 Å². The number of rotatable bonds is 5. The first-order valence-electron chi connectivity index (χ1n) is 6.93. The van der Waals surface area contributed by atoms with Gasteiger partial charge in [-0.25, -0.2) is 0 Å². The molecule has 0 aromatic heterocycles. The van der Waals surface area contributed by atoms with Crippen LogP contribution in [-0.2, 0) is 4.79 Å². The quantitative estimate of drug-likeness (QED) is 0.876. The number of hydrogen-bond acceptors (Lipinski definition) is 2. The fraction of sp³-hybridized carbons (Fsp3) is 0.235. The van der Waals surface area contributed by atoms with Gasteiger partial charge in [-0.05, 0) is 43.7 Å². The molecule has 1 amide bonds. The van der Waals surface area contributed by atoms with Gasteiger partial charge < -0.3 is 5.32 Å². The molecule has 2 rings (SSSR count). The van der Waals surface area contributed by atoms with Crippen LogP contribution in [0, 0.1) is 0 Å². The highest BCUT2D eigenvalue weighted by molar-refractivity contribution is 6.30. The monoisotopic (exact) mass is 302 g/mol. The lowest BCUT2D eigenvalue weighted by atomic mass is 10.1. The van der Waals surface area contributed by atoms with E-state index in [1.54, 1.807) is 0 Å². The molecule has 4 heteroatoms. The molecule has 21 heavy (non-hydrogen) atoms. The Balaban J connectivity index is 1.94. The Morgan fingerprint density at radius 2 is 1.76 bits per heavy atom. The Hall–Kier alpha value is -1.84. The fourth-order valence-corrected chi connectivity index (χ4v) is 2.29. The summed E-state index contributed by atoms with van der Waals surface area (Å²) < 4.78 is 0. The molecule has 110 valence electrons. The van der Waals surface area contributed by atoms with Crippen LogP contribution in [0.3, 0.4) is 0 Å². The Kier molecular flexibility index (Phi) is 5.37. The third-order valence-electron chi connectivity index (χ3n) is 3.28. The van der Waals surface area contributed by atoms with Crippen LogP contribution in [0.4, 0.5) is 5.69 Å². The summed E-state index contributed by atoms with van der Waals surface area (Å²) in [7, 11) is 0. The van der Waals surface area contributed by atoms with Crippen molar-refractivity contribution in [3.63, 3.8) is 0 Å². The average Bonchev–Trinajstić information content (AvgIpc) is 2.48. The maximum Gasteiger partial charge on any atom is 0.241 e. The maximum absolute atomic E-state index is 12.1. The Morgan fingerprint density at radius 3 is 2.43 bits per heavy atom. The van der Waals surface area contributed by atoms with Crippen LogP contribution in [0.15, 0.2) is 54.6 Å². The molecule has 0 aliphatic carbocycles. The number of anilines is 1. The third-order valence-corrected chi connectivity index (χ3v) is 3.52. The maximum atomic E-state index is 12.1. The summed E-state index contributed by atoms with van der Waals surface area (Å²) in [5.74, 6) is -0.0601. The molecule has 0 aliphatic heterocycles. The summed E-state index contributed by atoms with van der Waals surface area (Å²) in [4.78, 5) is 12.1. The summed E-state index contributed by atoms with van der Waals surface area (Å²) in [6, 6.07) is 16.8. The van der Waals surface area contributed by atoms with Gasteiger partial charge in [0.15, 0.2) is 0 Å². The van der Waals surface area contributed by atoms with Gasteiger partial charge in [0, 0.05) is 16.8 Å². The van der Waals surface area contributed by atoms with Crippen molar-refractivity contribution >= 4 is 23.2 Å². The van der Waals surface area contributed by atoms with E-state index in [0.717, 1.165) is 11.3 Å². The van der Waals surface area contributed by atoms with Gasteiger partial charge >= 0.3 is 0 Å². The lowest BCUT2D eigenvalue weighted by molar-refractivity contribution is -0.117. The fourth-order valence-electron chi connectivity index (χ4n) is 2.09. The number of nitrogens with one attached hydrogen (secondary N) is 2. The van der Waals surface area contributed by atoms with Crippen LogP contribution < -0.4 is 10.6 Å². The number of carbonyl (C=O) groups is 1. The zero-order valence-corrected chi connectivity index (χ0v) is 12.9. The molecular formula is C17H19ClN2O. The van der Waals surface area contributed by atoms with Crippen LogP contribution in [0.2, 0.25) is 5.02 Å². The minimum atomic E-state index is -0.306. The van der Waals surface area contributed by atoms with Crippen molar-refractivity contribution in [3.8, 4) is 0 Å². The SMILES string of the molecule is C[C@H](N[C@H](C)C(=O)Nc1ccccc1)c1cccc(Cl)c1. The van der Waals surface area contributed by atoms with Gasteiger partial charge in [0.1, 0.15) is 0 Å². The molecule has 0 radical (unpaired) electrons. The number of amides is 1. The zero-order valence-electron chi connectivity index (χ0n) is 12.1. The minimum absolute atomic E-state index is 0.0419. The molecule has 2 aromatic rings. The molecule has 0 saturated heterocycles. The van der Waals surface area contributed by atoms with Gasteiger partial charge in [-0.15, -0.1) is 0 Å². The van der Waals surface area contributed by atoms with Crippen LogP contribution in [0.1, 0.15) is 25.5 Å². The Morgan fingerprint density at radius 1 is 1.05 bits per heavy atom. The summed E-state index contributed by atoms with van der Waals surface area (Å²) in [6.45, 7) is 3.86. The summed E-state index contributed by atoms with van der Waals surface area (Å²) in [5.41, 5.74) is 1.86. The second kappa shape index (κ2) is 7.25. The predicted molar refractivity (Wildman–Crippen MR) is 87.5 cm³/mol. The highest BCUT2D eigenvalue weighted by Gasteiger charge is 2.16. The van der Waals surface area contributed by atoms with Gasteiger partial charge in [-0.2, -0.15) is 0 Å². The summed E-state index contributed by atoms with van der Waals surface area (Å²) >= 11 is 5.99. The van der Waals surface area contributed by atoms with Crippen molar-refractivity contribution in [1.82, 2.24) is 5.32 Å². The molecule has 0 spiro atoms. The van der Waals surface area contributed by atoms with E-state index in [2.05, 4.69) is 10.6 Å². The molecule has 0 saturated carbocycles. The predicted octanol–water partition coefficient (Wildman–Crippen LogP) is 4.02. The molecule has 2 atom stereocenters. The number of hydrogen-bond donors (Lipinski definition) is 2.